The molecule has 0 spiro atoms. The van der Waals surface area contributed by atoms with Crippen molar-refractivity contribution in [3.05, 3.63) is 65.3 Å². The van der Waals surface area contributed by atoms with Crippen molar-refractivity contribution in [2.75, 3.05) is 31.5 Å². The van der Waals surface area contributed by atoms with E-state index >= 15 is 0 Å². The van der Waals surface area contributed by atoms with Gasteiger partial charge in [0.2, 0.25) is 5.91 Å². The first-order valence-electron chi connectivity index (χ1n) is 12.2. The number of fused-ring (bicyclic) bond motifs is 2. The first kappa shape index (κ1) is 24.1. The lowest BCUT2D eigenvalue weighted by Gasteiger charge is -2.34. The standard InChI is InChI=1S/C27H30N6O2S/c1-17(2)24(25(28)34)31-26-19-8-4-5-9-20(19)29-23(30-26)16-32-11-13-33(14-12-32)27(35)22-15-18-7-3-6-10-21(18)36-22/h3-10,15,17,24H,11-14,16H2,1-2H3,(H2,28,34)(H,29,30,31)/t24-/m0/s1. The van der Waals surface area contributed by atoms with E-state index in [1.54, 1.807) is 11.3 Å². The molecule has 0 saturated carbocycles. The Morgan fingerprint density at radius 2 is 1.75 bits per heavy atom. The first-order chi connectivity index (χ1) is 17.4. The molecule has 36 heavy (non-hydrogen) atoms. The molecule has 2 aromatic carbocycles. The van der Waals surface area contributed by atoms with Gasteiger partial charge in [-0.05, 0) is 35.6 Å². The zero-order valence-corrected chi connectivity index (χ0v) is 21.3. The lowest BCUT2D eigenvalue weighted by atomic mass is 10.0. The van der Waals surface area contributed by atoms with Crippen LogP contribution in [0.15, 0.2) is 54.6 Å². The lowest BCUT2D eigenvalue weighted by molar-refractivity contribution is -0.119. The molecule has 1 atom stereocenters. The number of hydrogen-bond donors (Lipinski definition) is 2. The highest BCUT2D eigenvalue weighted by Crippen LogP contribution is 2.27. The van der Waals surface area contributed by atoms with Crippen LogP contribution in [-0.4, -0.2) is 63.8 Å². The van der Waals surface area contributed by atoms with E-state index in [1.165, 1.54) is 0 Å². The molecule has 1 aliphatic rings. The minimum absolute atomic E-state index is 0.0197. The van der Waals surface area contributed by atoms with E-state index in [2.05, 4.69) is 10.2 Å². The summed E-state index contributed by atoms with van der Waals surface area (Å²) < 4.78 is 1.13. The molecule has 1 aliphatic heterocycles. The molecule has 0 radical (unpaired) electrons. The van der Waals surface area contributed by atoms with Crippen molar-refractivity contribution in [1.82, 2.24) is 19.8 Å². The smallest absolute Gasteiger partial charge is 0.264 e. The molecule has 0 bridgehead atoms. The van der Waals surface area contributed by atoms with E-state index in [0.29, 0.717) is 31.3 Å². The number of nitrogens with two attached hydrogens (primary N) is 1. The molecule has 1 fully saturated rings. The average molecular weight is 503 g/mol. The van der Waals surface area contributed by atoms with Gasteiger partial charge in [-0.1, -0.05) is 44.2 Å². The zero-order chi connectivity index (χ0) is 25.2. The van der Waals surface area contributed by atoms with Crippen LogP contribution in [0.25, 0.3) is 21.0 Å². The van der Waals surface area contributed by atoms with Gasteiger partial charge in [-0.3, -0.25) is 14.5 Å². The van der Waals surface area contributed by atoms with Crippen molar-refractivity contribution in [1.29, 1.82) is 0 Å². The molecule has 1 saturated heterocycles. The summed E-state index contributed by atoms with van der Waals surface area (Å²) in [5.74, 6) is 0.995. The minimum atomic E-state index is -0.528. The van der Waals surface area contributed by atoms with Crippen molar-refractivity contribution in [2.24, 2.45) is 11.7 Å². The third-order valence-electron chi connectivity index (χ3n) is 6.58. The van der Waals surface area contributed by atoms with Crippen LogP contribution in [0, 0.1) is 5.92 Å². The van der Waals surface area contributed by atoms with Crippen LogP contribution in [0.1, 0.15) is 29.3 Å². The monoisotopic (exact) mass is 502 g/mol. The van der Waals surface area contributed by atoms with E-state index in [0.717, 1.165) is 39.0 Å². The highest BCUT2D eigenvalue weighted by molar-refractivity contribution is 7.20. The maximum absolute atomic E-state index is 13.1. The summed E-state index contributed by atoms with van der Waals surface area (Å²) in [4.78, 5) is 39.6. The number of amides is 2. The molecular formula is C27H30N6O2S. The fourth-order valence-corrected chi connectivity index (χ4v) is 5.60. The Labute approximate surface area is 214 Å². The minimum Gasteiger partial charge on any atom is -0.368 e. The highest BCUT2D eigenvalue weighted by atomic mass is 32.1. The first-order valence-corrected chi connectivity index (χ1v) is 13.0. The number of nitrogens with zero attached hydrogens (tertiary/aromatic N) is 4. The molecular weight excluding hydrogens is 472 g/mol. The number of aromatic nitrogens is 2. The summed E-state index contributed by atoms with van der Waals surface area (Å²) in [6.07, 6.45) is 0. The predicted molar refractivity (Wildman–Crippen MR) is 144 cm³/mol. The van der Waals surface area contributed by atoms with Gasteiger partial charge in [0.15, 0.2) is 0 Å². The normalized spacial score (nSPS) is 15.5. The largest absolute Gasteiger partial charge is 0.368 e. The Bertz CT molecular complexity index is 1380. The van der Waals surface area contributed by atoms with Gasteiger partial charge in [0, 0.05) is 36.3 Å². The van der Waals surface area contributed by atoms with Crippen molar-refractivity contribution in [2.45, 2.75) is 26.4 Å². The number of carbonyl (C=O) groups is 2. The van der Waals surface area contributed by atoms with Crippen LogP contribution in [0.4, 0.5) is 5.82 Å². The van der Waals surface area contributed by atoms with Gasteiger partial charge < -0.3 is 16.0 Å². The fourth-order valence-electron chi connectivity index (χ4n) is 4.57. The summed E-state index contributed by atoms with van der Waals surface area (Å²) in [7, 11) is 0. The summed E-state index contributed by atoms with van der Waals surface area (Å²) >= 11 is 1.55. The van der Waals surface area contributed by atoms with Crippen LogP contribution >= 0.6 is 11.3 Å². The number of para-hydroxylation sites is 1. The second kappa shape index (κ2) is 10.2. The summed E-state index contributed by atoms with van der Waals surface area (Å²) in [5.41, 5.74) is 6.45. The predicted octanol–water partition coefficient (Wildman–Crippen LogP) is 3.72. The van der Waals surface area contributed by atoms with Crippen LogP contribution < -0.4 is 11.1 Å². The van der Waals surface area contributed by atoms with E-state index in [9.17, 15) is 9.59 Å². The van der Waals surface area contributed by atoms with Crippen LogP contribution in [0.5, 0.6) is 0 Å². The molecule has 9 heteroatoms. The molecule has 0 unspecified atom stereocenters. The number of primary amides is 1. The van der Waals surface area contributed by atoms with E-state index < -0.39 is 11.9 Å². The molecule has 3 heterocycles. The van der Waals surface area contributed by atoms with Gasteiger partial charge in [0.25, 0.3) is 5.91 Å². The number of benzene rings is 2. The molecule has 2 aromatic heterocycles. The average Bonchev–Trinajstić information content (AvgIpc) is 3.31. The Kier molecular flexibility index (Phi) is 6.84. The van der Waals surface area contributed by atoms with E-state index in [-0.39, 0.29) is 11.8 Å². The van der Waals surface area contributed by atoms with Gasteiger partial charge >= 0.3 is 0 Å². The number of hydrogen-bond acceptors (Lipinski definition) is 7. The number of carbonyl (C=O) groups excluding carboxylic acids is 2. The molecule has 186 valence electrons. The molecule has 5 rings (SSSR count). The lowest BCUT2D eigenvalue weighted by Crippen LogP contribution is -2.48. The van der Waals surface area contributed by atoms with Gasteiger partial charge in [-0.25, -0.2) is 9.97 Å². The highest BCUT2D eigenvalue weighted by Gasteiger charge is 2.25. The molecule has 0 aliphatic carbocycles. The van der Waals surface area contributed by atoms with Gasteiger partial charge in [-0.2, -0.15) is 0 Å². The molecule has 4 aromatic rings. The van der Waals surface area contributed by atoms with Crippen LogP contribution in [0.3, 0.4) is 0 Å². The maximum Gasteiger partial charge on any atom is 0.264 e. The fraction of sp³-hybridized carbons (Fsp3) is 0.333. The Balaban J connectivity index is 1.28. The van der Waals surface area contributed by atoms with E-state index in [1.807, 2.05) is 73.3 Å². The Morgan fingerprint density at radius 3 is 2.47 bits per heavy atom. The second-order valence-electron chi connectivity index (χ2n) is 9.49. The number of anilines is 1. The third kappa shape index (κ3) is 5.03. The Hall–Kier alpha value is -3.56. The van der Waals surface area contributed by atoms with Gasteiger partial charge in [-0.15, -0.1) is 11.3 Å². The van der Waals surface area contributed by atoms with Crippen LogP contribution in [-0.2, 0) is 11.3 Å². The van der Waals surface area contributed by atoms with Crippen molar-refractivity contribution < 1.29 is 9.59 Å². The number of piperazine rings is 1. The quantitative estimate of drug-likeness (QED) is 0.399. The zero-order valence-electron chi connectivity index (χ0n) is 20.5. The number of rotatable bonds is 7. The van der Waals surface area contributed by atoms with Gasteiger partial charge in [0.05, 0.1) is 16.9 Å². The number of nitrogens with one attached hydrogen (secondary N) is 1. The summed E-state index contributed by atoms with van der Waals surface area (Å²) in [5, 5.41) is 5.22. The van der Waals surface area contributed by atoms with E-state index in [4.69, 9.17) is 15.7 Å². The molecule has 3 N–H and O–H groups in total. The number of thiophene rings is 1. The molecule has 2 amide bonds. The summed E-state index contributed by atoms with van der Waals surface area (Å²) in [6.45, 7) is 7.26. The van der Waals surface area contributed by atoms with Crippen molar-refractivity contribution >= 4 is 50.0 Å². The van der Waals surface area contributed by atoms with Gasteiger partial charge in [0.1, 0.15) is 17.7 Å². The third-order valence-corrected chi connectivity index (χ3v) is 7.68. The van der Waals surface area contributed by atoms with Crippen molar-refractivity contribution in [3.8, 4) is 0 Å². The Morgan fingerprint density at radius 1 is 1.03 bits per heavy atom. The summed E-state index contributed by atoms with van der Waals surface area (Å²) in [6, 6.07) is 17.3. The van der Waals surface area contributed by atoms with Crippen molar-refractivity contribution in [3.63, 3.8) is 0 Å². The second-order valence-corrected chi connectivity index (χ2v) is 10.6. The molecule has 8 nitrogen and oxygen atoms in total. The SMILES string of the molecule is CC(C)[C@H](Nc1nc(CN2CCN(C(=O)c3cc4ccccc4s3)CC2)nc2ccccc12)C(N)=O. The maximum atomic E-state index is 13.1. The van der Waals surface area contributed by atoms with Crippen LogP contribution in [0.2, 0.25) is 0 Å². The topological polar surface area (TPSA) is 104 Å².